The summed E-state index contributed by atoms with van der Waals surface area (Å²) in [5.41, 5.74) is -2.82. The van der Waals surface area contributed by atoms with E-state index in [1.807, 2.05) is 0 Å². The summed E-state index contributed by atoms with van der Waals surface area (Å²) < 4.78 is 52.4. The fourth-order valence-corrected chi connectivity index (χ4v) is 2.15. The zero-order valence-electron chi connectivity index (χ0n) is 9.77. The highest BCUT2D eigenvalue weighted by Gasteiger charge is 2.60. The molecule has 0 aromatic heterocycles. The van der Waals surface area contributed by atoms with Crippen molar-refractivity contribution < 1.29 is 26.7 Å². The average Bonchev–Trinajstić information content (AvgIpc) is 2.80. The van der Waals surface area contributed by atoms with Crippen molar-refractivity contribution >= 4 is 17.0 Å². The molecule has 1 rings (SSSR count). The number of rotatable bonds is 3. The van der Waals surface area contributed by atoms with Crippen LogP contribution in [0.4, 0.5) is 13.6 Å². The number of halogens is 2. The van der Waals surface area contributed by atoms with Gasteiger partial charge in [0.1, 0.15) is 11.1 Å². The van der Waals surface area contributed by atoms with E-state index in [0.29, 0.717) is 0 Å². The van der Waals surface area contributed by atoms with Gasteiger partial charge in [-0.05, 0) is 33.6 Å². The zero-order valence-corrected chi connectivity index (χ0v) is 10.7. The molecule has 0 heterocycles. The molecule has 0 N–H and O–H groups in total. The molecule has 0 bridgehead atoms. The minimum Gasteiger partial charge on any atom is -0.443 e. The van der Waals surface area contributed by atoms with Gasteiger partial charge >= 0.3 is 6.09 Å². The number of carbonyl (C=O) groups is 1. The Balaban J connectivity index is 2.92. The molecule has 1 aliphatic carbocycles. The first-order chi connectivity index (χ1) is 7.60. The van der Waals surface area contributed by atoms with Crippen LogP contribution in [0.2, 0.25) is 0 Å². The maximum atomic E-state index is 12.8. The molecular formula is C9H15F2NO4S. The fourth-order valence-electron chi connectivity index (χ4n) is 1.37. The van der Waals surface area contributed by atoms with Gasteiger partial charge in [0, 0.05) is 0 Å². The van der Waals surface area contributed by atoms with Crippen LogP contribution in [-0.2, 0) is 15.6 Å². The second-order valence-electron chi connectivity index (χ2n) is 4.93. The number of carbonyl (C=O) groups excluding carboxylic acids is 1. The molecule has 0 saturated heterocycles. The average molecular weight is 271 g/mol. The lowest BCUT2D eigenvalue weighted by atomic mass is 10.2. The van der Waals surface area contributed by atoms with E-state index >= 15 is 0 Å². The van der Waals surface area contributed by atoms with Crippen LogP contribution in [0, 0.1) is 0 Å². The second kappa shape index (κ2) is 4.40. The van der Waals surface area contributed by atoms with Crippen LogP contribution in [0.15, 0.2) is 0 Å². The SMILES string of the molecule is CC(C)(C)OC(=O)N([SH](=O)=O)C1(C(F)F)CC1. The van der Waals surface area contributed by atoms with Crippen molar-refractivity contribution in [3.8, 4) is 0 Å². The second-order valence-corrected chi connectivity index (χ2v) is 5.81. The minimum absolute atomic E-state index is 0.0345. The first kappa shape index (κ1) is 14.1. The van der Waals surface area contributed by atoms with Gasteiger partial charge in [-0.2, -0.15) is 4.31 Å². The largest absolute Gasteiger partial charge is 0.443 e. The van der Waals surface area contributed by atoms with Crippen molar-refractivity contribution in [2.75, 3.05) is 0 Å². The summed E-state index contributed by atoms with van der Waals surface area (Å²) in [6.07, 6.45) is -4.21. The third-order valence-corrected chi connectivity index (χ3v) is 3.21. The van der Waals surface area contributed by atoms with E-state index in [1.165, 1.54) is 20.8 Å². The predicted octanol–water partition coefficient (Wildman–Crippen LogP) is 1.55. The number of nitrogens with zero attached hydrogens (tertiary/aromatic N) is 1. The van der Waals surface area contributed by atoms with Crippen LogP contribution < -0.4 is 0 Å². The molecule has 1 amide bonds. The maximum Gasteiger partial charge on any atom is 0.424 e. The summed E-state index contributed by atoms with van der Waals surface area (Å²) in [5.74, 6) is 0. The van der Waals surface area contributed by atoms with Gasteiger partial charge in [0.05, 0.1) is 0 Å². The van der Waals surface area contributed by atoms with Crippen molar-refractivity contribution in [1.82, 2.24) is 4.31 Å². The molecule has 1 aliphatic rings. The van der Waals surface area contributed by atoms with E-state index in [4.69, 9.17) is 4.74 Å². The van der Waals surface area contributed by atoms with E-state index < -0.39 is 34.5 Å². The third-order valence-electron chi connectivity index (χ3n) is 2.32. The molecule has 0 aromatic rings. The number of hydrogen-bond donors (Lipinski definition) is 1. The van der Waals surface area contributed by atoms with Crippen molar-refractivity contribution in [3.63, 3.8) is 0 Å². The Kier molecular flexibility index (Phi) is 3.66. The first-order valence-electron chi connectivity index (χ1n) is 5.06. The molecule has 5 nitrogen and oxygen atoms in total. The van der Waals surface area contributed by atoms with E-state index in [1.54, 1.807) is 0 Å². The molecule has 1 saturated carbocycles. The highest BCUT2D eigenvalue weighted by molar-refractivity contribution is 7.70. The molecular weight excluding hydrogens is 256 g/mol. The zero-order chi connectivity index (χ0) is 13.4. The standard InChI is InChI=1S/C9H15F2NO4S/c1-8(2,3)16-7(13)12(17(14)15)9(4-5-9)6(10)11/h6,17H,4-5H2,1-3H3. The normalized spacial score (nSPS) is 18.3. The van der Waals surface area contributed by atoms with Gasteiger partial charge in [0.25, 0.3) is 6.43 Å². The van der Waals surface area contributed by atoms with Crippen molar-refractivity contribution in [1.29, 1.82) is 0 Å². The summed E-state index contributed by atoms with van der Waals surface area (Å²) in [7, 11) is -3.44. The van der Waals surface area contributed by atoms with Gasteiger partial charge < -0.3 is 4.74 Å². The molecule has 0 aliphatic heterocycles. The van der Waals surface area contributed by atoms with E-state index in [9.17, 15) is 22.0 Å². The highest BCUT2D eigenvalue weighted by Crippen LogP contribution is 2.47. The minimum atomic E-state index is -3.44. The molecule has 0 spiro atoms. The summed E-state index contributed by atoms with van der Waals surface area (Å²) in [6, 6.07) is 0. The topological polar surface area (TPSA) is 63.7 Å². The monoisotopic (exact) mass is 271 g/mol. The van der Waals surface area contributed by atoms with Crippen molar-refractivity contribution in [2.24, 2.45) is 0 Å². The van der Waals surface area contributed by atoms with E-state index in [-0.39, 0.29) is 17.1 Å². The summed E-state index contributed by atoms with van der Waals surface area (Å²) >= 11 is 0. The molecule has 0 aromatic carbocycles. The van der Waals surface area contributed by atoms with Crippen LogP contribution in [0.25, 0.3) is 0 Å². The first-order valence-corrected chi connectivity index (χ1v) is 6.19. The Labute approximate surface area is 99.8 Å². The molecule has 1 fully saturated rings. The smallest absolute Gasteiger partial charge is 0.424 e. The summed E-state index contributed by atoms with van der Waals surface area (Å²) in [4.78, 5) is 11.6. The van der Waals surface area contributed by atoms with Gasteiger partial charge in [0.2, 0.25) is 10.9 Å². The molecule has 0 unspecified atom stereocenters. The van der Waals surface area contributed by atoms with E-state index in [0.717, 1.165) is 0 Å². The summed E-state index contributed by atoms with van der Waals surface area (Å²) in [6.45, 7) is 4.59. The van der Waals surface area contributed by atoms with Gasteiger partial charge in [-0.1, -0.05) is 0 Å². The predicted molar refractivity (Wildman–Crippen MR) is 56.4 cm³/mol. The number of hydrogen-bond acceptors (Lipinski definition) is 4. The Morgan fingerprint density at radius 3 is 2.06 bits per heavy atom. The van der Waals surface area contributed by atoms with Gasteiger partial charge in [-0.3, -0.25) is 0 Å². The third kappa shape index (κ3) is 3.05. The number of alkyl halides is 2. The molecule has 0 radical (unpaired) electrons. The van der Waals surface area contributed by atoms with Crippen LogP contribution in [-0.4, -0.2) is 36.4 Å². The van der Waals surface area contributed by atoms with Gasteiger partial charge in [0.15, 0.2) is 0 Å². The number of ether oxygens (including phenoxy) is 1. The lowest BCUT2D eigenvalue weighted by Gasteiger charge is -2.28. The Morgan fingerprint density at radius 1 is 1.35 bits per heavy atom. The number of thiol groups is 1. The maximum absolute atomic E-state index is 12.8. The quantitative estimate of drug-likeness (QED) is 0.791. The van der Waals surface area contributed by atoms with Crippen LogP contribution in [0.1, 0.15) is 33.6 Å². The highest BCUT2D eigenvalue weighted by atomic mass is 32.2. The lowest BCUT2D eigenvalue weighted by Crippen LogP contribution is -2.47. The van der Waals surface area contributed by atoms with Crippen LogP contribution >= 0.6 is 0 Å². The Morgan fingerprint density at radius 2 is 1.82 bits per heavy atom. The van der Waals surface area contributed by atoms with Gasteiger partial charge in [-0.15, -0.1) is 0 Å². The lowest BCUT2D eigenvalue weighted by molar-refractivity contribution is 0.00466. The fraction of sp³-hybridized carbons (Fsp3) is 0.889. The van der Waals surface area contributed by atoms with Gasteiger partial charge in [-0.25, -0.2) is 22.0 Å². The number of amides is 1. The van der Waals surface area contributed by atoms with Crippen LogP contribution in [0.5, 0.6) is 0 Å². The van der Waals surface area contributed by atoms with Crippen molar-refractivity contribution in [3.05, 3.63) is 0 Å². The summed E-state index contributed by atoms with van der Waals surface area (Å²) in [5, 5.41) is 0. The molecule has 17 heavy (non-hydrogen) atoms. The van der Waals surface area contributed by atoms with Crippen molar-refractivity contribution in [2.45, 2.75) is 51.2 Å². The molecule has 100 valence electrons. The van der Waals surface area contributed by atoms with E-state index in [2.05, 4.69) is 0 Å². The Bertz CT molecular complexity index is 377. The molecule has 0 atom stereocenters. The van der Waals surface area contributed by atoms with Crippen LogP contribution in [0.3, 0.4) is 0 Å². The Hall–Kier alpha value is -0.920. The molecule has 8 heteroatoms.